The first-order chi connectivity index (χ1) is 12.1. The van der Waals surface area contributed by atoms with E-state index in [0.29, 0.717) is 25.3 Å². The molecular formula is C16H19ClFN3O5. The van der Waals surface area contributed by atoms with Gasteiger partial charge in [-0.2, -0.15) is 0 Å². The highest BCUT2D eigenvalue weighted by atomic mass is 35.5. The molecule has 0 bridgehead atoms. The molecule has 0 aliphatic carbocycles. The van der Waals surface area contributed by atoms with Crippen molar-refractivity contribution in [2.24, 2.45) is 0 Å². The summed E-state index contributed by atoms with van der Waals surface area (Å²) in [6, 6.07) is 3.94. The molecule has 1 aliphatic rings. The molecule has 26 heavy (non-hydrogen) atoms. The molecule has 1 fully saturated rings. The van der Waals surface area contributed by atoms with Gasteiger partial charge in [-0.1, -0.05) is 5.16 Å². The maximum atomic E-state index is 13.6. The Morgan fingerprint density at radius 3 is 3.00 bits per heavy atom. The van der Waals surface area contributed by atoms with Crippen LogP contribution in [-0.4, -0.2) is 55.7 Å². The predicted octanol–water partition coefficient (Wildman–Crippen LogP) is 2.01. The van der Waals surface area contributed by atoms with Crippen molar-refractivity contribution < 1.29 is 28.3 Å². The van der Waals surface area contributed by atoms with Crippen LogP contribution < -0.4 is 15.4 Å². The molecule has 142 valence electrons. The van der Waals surface area contributed by atoms with Crippen molar-refractivity contribution in [3.63, 3.8) is 0 Å². The molecule has 3 N–H and O–H groups in total. The highest BCUT2D eigenvalue weighted by molar-refractivity contribution is 5.99. The second kappa shape index (κ2) is 8.84. The number of nitrogens with zero attached hydrogens (tertiary/aromatic N) is 1. The average molecular weight is 388 g/mol. The fraction of sp³-hybridized carbons (Fsp3) is 0.375. The molecule has 8 nitrogen and oxygen atoms in total. The van der Waals surface area contributed by atoms with Gasteiger partial charge in [0.25, 0.3) is 0 Å². The molecular weight excluding hydrogens is 369 g/mol. The van der Waals surface area contributed by atoms with E-state index in [0.717, 1.165) is 6.54 Å². The van der Waals surface area contributed by atoms with Crippen molar-refractivity contribution in [3.8, 4) is 17.1 Å². The van der Waals surface area contributed by atoms with Crippen LogP contribution in [0.4, 0.5) is 10.2 Å². The maximum Gasteiger partial charge on any atom is 0.343 e. The summed E-state index contributed by atoms with van der Waals surface area (Å²) in [5, 5.41) is 19.4. The van der Waals surface area contributed by atoms with Crippen LogP contribution in [0, 0.1) is 5.82 Å². The number of morpholine rings is 1. The molecule has 2 heterocycles. The Morgan fingerprint density at radius 1 is 1.54 bits per heavy atom. The van der Waals surface area contributed by atoms with Gasteiger partial charge in [0.1, 0.15) is 0 Å². The number of ether oxygens (including phenoxy) is 2. The number of rotatable bonds is 6. The van der Waals surface area contributed by atoms with E-state index in [2.05, 4.69) is 15.8 Å². The number of carboxylic acid groups (broad SMARTS) is 1. The molecule has 0 amide bonds. The minimum absolute atomic E-state index is 0. The minimum atomic E-state index is -1.20. The van der Waals surface area contributed by atoms with Crippen molar-refractivity contribution in [1.29, 1.82) is 0 Å². The second-order valence-electron chi connectivity index (χ2n) is 5.47. The summed E-state index contributed by atoms with van der Waals surface area (Å²) in [7, 11) is 1.33. The Bertz CT molecular complexity index is 764. The first-order valence-corrected chi connectivity index (χ1v) is 7.73. The van der Waals surface area contributed by atoms with Crippen LogP contribution >= 0.6 is 12.4 Å². The fourth-order valence-corrected chi connectivity index (χ4v) is 2.57. The van der Waals surface area contributed by atoms with Gasteiger partial charge >= 0.3 is 5.97 Å². The highest BCUT2D eigenvalue weighted by Crippen LogP contribution is 2.32. The molecule has 1 aromatic heterocycles. The van der Waals surface area contributed by atoms with Gasteiger partial charge in [0.2, 0.25) is 0 Å². The van der Waals surface area contributed by atoms with E-state index >= 15 is 0 Å². The predicted molar refractivity (Wildman–Crippen MR) is 93.8 cm³/mol. The number of nitrogens with one attached hydrogen (secondary N) is 2. The number of aromatic nitrogens is 1. The van der Waals surface area contributed by atoms with Gasteiger partial charge in [-0.3, -0.25) is 0 Å². The molecule has 0 radical (unpaired) electrons. The number of methoxy groups -OCH3 is 1. The zero-order chi connectivity index (χ0) is 17.8. The van der Waals surface area contributed by atoms with E-state index in [1.54, 1.807) is 0 Å². The summed E-state index contributed by atoms with van der Waals surface area (Å²) in [5.74, 6) is -1.65. The summed E-state index contributed by atoms with van der Waals surface area (Å²) in [6.07, 6.45) is -0.0959. The lowest BCUT2D eigenvalue weighted by Gasteiger charge is -2.23. The van der Waals surface area contributed by atoms with Gasteiger partial charge in [0.15, 0.2) is 28.7 Å². The topological polar surface area (TPSA) is 106 Å². The molecule has 0 spiro atoms. The Morgan fingerprint density at radius 2 is 2.35 bits per heavy atom. The Kier molecular flexibility index (Phi) is 6.78. The van der Waals surface area contributed by atoms with Crippen LogP contribution in [0.1, 0.15) is 10.4 Å². The summed E-state index contributed by atoms with van der Waals surface area (Å²) in [6.45, 7) is 2.43. The quantitative estimate of drug-likeness (QED) is 0.691. The largest absolute Gasteiger partial charge is 0.494 e. The molecule has 10 heteroatoms. The Balaban J connectivity index is 0.00000243. The van der Waals surface area contributed by atoms with E-state index in [4.69, 9.17) is 14.0 Å². The maximum absolute atomic E-state index is 13.6. The summed E-state index contributed by atoms with van der Waals surface area (Å²) < 4.78 is 29.2. The zero-order valence-electron chi connectivity index (χ0n) is 14.0. The van der Waals surface area contributed by atoms with Crippen LogP contribution in [0.2, 0.25) is 0 Å². The van der Waals surface area contributed by atoms with Crippen LogP contribution in [0.25, 0.3) is 11.3 Å². The van der Waals surface area contributed by atoms with Crippen LogP contribution in [-0.2, 0) is 4.74 Å². The standard InChI is InChI=1S/C16H18FN3O5.ClH/c1-23-12-6-9(2-3-11(12)17)14-13(16(21)22)15(20-25-14)19-8-10-7-18-4-5-24-10;/h2-3,6,10,18H,4-5,7-8H2,1H3,(H,19,20)(H,21,22);1H. The number of halogens is 2. The minimum Gasteiger partial charge on any atom is -0.494 e. The van der Waals surface area contributed by atoms with Crippen molar-refractivity contribution in [2.75, 3.05) is 38.7 Å². The van der Waals surface area contributed by atoms with Crippen LogP contribution in [0.5, 0.6) is 5.75 Å². The summed E-state index contributed by atoms with van der Waals surface area (Å²) >= 11 is 0. The average Bonchev–Trinajstić information content (AvgIpc) is 3.05. The molecule has 2 aromatic rings. The van der Waals surface area contributed by atoms with E-state index in [1.165, 1.54) is 25.3 Å². The smallest absolute Gasteiger partial charge is 0.343 e. The Hall–Kier alpha value is -2.36. The van der Waals surface area contributed by atoms with Gasteiger partial charge in [-0.05, 0) is 18.2 Å². The molecule has 1 atom stereocenters. The third-order valence-corrected chi connectivity index (χ3v) is 3.82. The number of hydrogen-bond acceptors (Lipinski definition) is 7. The highest BCUT2D eigenvalue weighted by Gasteiger charge is 2.25. The summed E-state index contributed by atoms with van der Waals surface area (Å²) in [4.78, 5) is 11.7. The van der Waals surface area contributed by atoms with Crippen LogP contribution in [0.15, 0.2) is 22.7 Å². The van der Waals surface area contributed by atoms with Gasteiger partial charge < -0.3 is 29.7 Å². The number of carboxylic acids is 1. The summed E-state index contributed by atoms with van der Waals surface area (Å²) in [5.41, 5.74) is 0.226. The van der Waals surface area contributed by atoms with E-state index in [1.807, 2.05) is 0 Å². The van der Waals surface area contributed by atoms with Crippen molar-refractivity contribution in [2.45, 2.75) is 6.10 Å². The first kappa shape index (κ1) is 20.0. The number of carbonyl (C=O) groups is 1. The normalized spacial score (nSPS) is 16.6. The van der Waals surface area contributed by atoms with E-state index < -0.39 is 11.8 Å². The molecule has 0 saturated carbocycles. The van der Waals surface area contributed by atoms with Gasteiger partial charge in [0.05, 0.1) is 19.8 Å². The van der Waals surface area contributed by atoms with Gasteiger partial charge in [-0.15, -0.1) is 12.4 Å². The third-order valence-electron chi connectivity index (χ3n) is 3.82. The Labute approximate surface area is 155 Å². The first-order valence-electron chi connectivity index (χ1n) is 7.73. The number of benzene rings is 1. The molecule has 1 unspecified atom stereocenters. The van der Waals surface area contributed by atoms with Crippen molar-refractivity contribution in [3.05, 3.63) is 29.6 Å². The van der Waals surface area contributed by atoms with E-state index in [-0.39, 0.29) is 41.4 Å². The number of anilines is 1. The molecule has 1 aromatic carbocycles. The second-order valence-corrected chi connectivity index (χ2v) is 5.47. The lowest BCUT2D eigenvalue weighted by atomic mass is 10.1. The third kappa shape index (κ3) is 4.24. The monoisotopic (exact) mass is 387 g/mol. The van der Waals surface area contributed by atoms with Crippen molar-refractivity contribution in [1.82, 2.24) is 10.5 Å². The molecule has 1 saturated heterocycles. The van der Waals surface area contributed by atoms with Crippen molar-refractivity contribution >= 4 is 24.2 Å². The van der Waals surface area contributed by atoms with Gasteiger partial charge in [-0.25, -0.2) is 9.18 Å². The zero-order valence-corrected chi connectivity index (χ0v) is 14.8. The van der Waals surface area contributed by atoms with Gasteiger partial charge in [0, 0.05) is 25.2 Å². The van der Waals surface area contributed by atoms with E-state index in [9.17, 15) is 14.3 Å². The lowest BCUT2D eigenvalue weighted by Crippen LogP contribution is -2.42. The number of hydrogen-bond donors (Lipinski definition) is 3. The van der Waals surface area contributed by atoms with Crippen LogP contribution in [0.3, 0.4) is 0 Å². The molecule has 3 rings (SSSR count). The lowest BCUT2D eigenvalue weighted by molar-refractivity contribution is 0.0371. The SMILES string of the molecule is COc1cc(-c2onc(NCC3CNCCO3)c2C(=O)O)ccc1F.Cl. The fourth-order valence-electron chi connectivity index (χ4n) is 2.57. The number of aromatic carboxylic acids is 1. The molecule has 1 aliphatic heterocycles.